The molecule has 0 radical (unpaired) electrons. The lowest BCUT2D eigenvalue weighted by Crippen LogP contribution is -2.18. The Morgan fingerprint density at radius 2 is 1.43 bits per heavy atom. The van der Waals surface area contributed by atoms with Gasteiger partial charge in [0, 0.05) is 12.1 Å². The number of non-ortho nitro benzene ring substituents is 1. The fourth-order valence-electron chi connectivity index (χ4n) is 2.09. The summed E-state index contributed by atoms with van der Waals surface area (Å²) in [5.41, 5.74) is -0.0840. The van der Waals surface area contributed by atoms with E-state index in [1.165, 1.54) is 56.7 Å². The van der Waals surface area contributed by atoms with E-state index in [1.807, 2.05) is 0 Å². The van der Waals surface area contributed by atoms with Crippen LogP contribution in [0.25, 0.3) is 0 Å². The van der Waals surface area contributed by atoms with Gasteiger partial charge in [0.05, 0.1) is 30.3 Å². The van der Waals surface area contributed by atoms with Crippen LogP contribution in [0.4, 0.5) is 5.69 Å². The molecule has 0 aliphatic rings. The van der Waals surface area contributed by atoms with Gasteiger partial charge in [-0.05, 0) is 30.3 Å². The number of rotatable bonds is 7. The van der Waals surface area contributed by atoms with E-state index in [0.29, 0.717) is 0 Å². The molecular formula is C18H15NO9. The van der Waals surface area contributed by atoms with Gasteiger partial charge in [-0.25, -0.2) is 14.4 Å². The van der Waals surface area contributed by atoms with Gasteiger partial charge in [-0.1, -0.05) is 0 Å². The van der Waals surface area contributed by atoms with Crippen LogP contribution < -0.4 is 9.47 Å². The summed E-state index contributed by atoms with van der Waals surface area (Å²) in [4.78, 5) is 45.3. The maximum Gasteiger partial charge on any atom is 0.349 e. The van der Waals surface area contributed by atoms with E-state index in [9.17, 15) is 24.5 Å². The Kier molecular flexibility index (Phi) is 6.63. The monoisotopic (exact) mass is 389 g/mol. The van der Waals surface area contributed by atoms with Crippen molar-refractivity contribution in [1.82, 2.24) is 0 Å². The van der Waals surface area contributed by atoms with Crippen LogP contribution in [0.2, 0.25) is 0 Å². The highest BCUT2D eigenvalue weighted by molar-refractivity contribution is 5.96. The minimum atomic E-state index is -0.794. The van der Waals surface area contributed by atoms with Crippen molar-refractivity contribution >= 4 is 23.6 Å². The largest absolute Gasteiger partial charge is 0.482 e. The number of nitro benzene ring substituents is 1. The summed E-state index contributed by atoms with van der Waals surface area (Å²) in [6, 6.07) is 8.75. The summed E-state index contributed by atoms with van der Waals surface area (Å²) in [5.74, 6) is -2.06. The van der Waals surface area contributed by atoms with Gasteiger partial charge in [0.25, 0.3) is 5.69 Å². The molecule has 0 aromatic heterocycles. The molecule has 10 heteroatoms. The highest BCUT2D eigenvalue weighted by Gasteiger charge is 2.16. The van der Waals surface area contributed by atoms with Crippen LogP contribution in [0.1, 0.15) is 20.7 Å². The molecule has 2 aromatic rings. The predicted octanol–water partition coefficient (Wildman–Crippen LogP) is 2.15. The molecule has 28 heavy (non-hydrogen) atoms. The van der Waals surface area contributed by atoms with Crippen LogP contribution in [0.3, 0.4) is 0 Å². The number of benzene rings is 2. The van der Waals surface area contributed by atoms with Crippen molar-refractivity contribution in [1.29, 1.82) is 0 Å². The molecule has 146 valence electrons. The third-order valence-corrected chi connectivity index (χ3v) is 3.38. The molecule has 0 saturated carbocycles. The average Bonchev–Trinajstić information content (AvgIpc) is 2.71. The van der Waals surface area contributed by atoms with Crippen LogP contribution in [0, 0.1) is 10.1 Å². The molecule has 0 heterocycles. The molecule has 0 fully saturated rings. The van der Waals surface area contributed by atoms with Crippen molar-refractivity contribution in [2.45, 2.75) is 0 Å². The first-order chi connectivity index (χ1) is 13.3. The van der Waals surface area contributed by atoms with Gasteiger partial charge in [0.15, 0.2) is 6.61 Å². The van der Waals surface area contributed by atoms with Gasteiger partial charge in [0.1, 0.15) is 11.5 Å². The number of nitro groups is 1. The summed E-state index contributed by atoms with van der Waals surface area (Å²) in [5, 5.41) is 10.6. The number of nitrogens with zero attached hydrogens (tertiary/aromatic N) is 1. The Bertz CT molecular complexity index is 872. The van der Waals surface area contributed by atoms with Crippen molar-refractivity contribution in [3.05, 3.63) is 63.7 Å². The molecule has 0 spiro atoms. The van der Waals surface area contributed by atoms with E-state index < -0.39 is 29.4 Å². The quantitative estimate of drug-likeness (QED) is 0.302. The number of methoxy groups -OCH3 is 2. The van der Waals surface area contributed by atoms with Crippen molar-refractivity contribution in [3.8, 4) is 11.5 Å². The molecule has 0 aliphatic carbocycles. The fraction of sp³-hybridized carbons (Fsp3) is 0.167. The number of hydrogen-bond acceptors (Lipinski definition) is 9. The Hall–Kier alpha value is -3.95. The van der Waals surface area contributed by atoms with Crippen molar-refractivity contribution < 1.29 is 38.3 Å². The molecule has 0 saturated heterocycles. The van der Waals surface area contributed by atoms with Gasteiger partial charge < -0.3 is 18.9 Å². The number of hydrogen-bond donors (Lipinski definition) is 0. The molecule has 0 aliphatic heterocycles. The standard InChI is InChI=1S/C18H15NO9/c1-25-17(21)11-7-12(18(22)26-2)9-15(8-11)27-10-16(20)28-14-5-3-13(4-6-14)19(23)24/h3-9H,10H2,1-2H3. The maximum atomic E-state index is 11.9. The van der Waals surface area contributed by atoms with Gasteiger partial charge in [-0.3, -0.25) is 10.1 Å². The first kappa shape index (κ1) is 20.4. The number of esters is 3. The van der Waals surface area contributed by atoms with Crippen LogP contribution in [0.5, 0.6) is 11.5 Å². The van der Waals surface area contributed by atoms with E-state index in [1.54, 1.807) is 0 Å². The number of carbonyl (C=O) groups excluding carboxylic acids is 3. The zero-order valence-electron chi connectivity index (χ0n) is 14.9. The number of ether oxygens (including phenoxy) is 4. The van der Waals surface area contributed by atoms with E-state index in [2.05, 4.69) is 9.47 Å². The van der Waals surface area contributed by atoms with Crippen molar-refractivity contribution in [3.63, 3.8) is 0 Å². The first-order valence-electron chi connectivity index (χ1n) is 7.73. The second kappa shape index (κ2) is 9.12. The third kappa shape index (κ3) is 5.27. The topological polar surface area (TPSA) is 131 Å². The third-order valence-electron chi connectivity index (χ3n) is 3.38. The van der Waals surface area contributed by atoms with E-state index in [-0.39, 0.29) is 28.3 Å². The highest BCUT2D eigenvalue weighted by Crippen LogP contribution is 2.20. The molecule has 0 atom stereocenters. The maximum absolute atomic E-state index is 11.9. The summed E-state index contributed by atoms with van der Waals surface area (Å²) < 4.78 is 19.5. The molecule has 10 nitrogen and oxygen atoms in total. The summed E-state index contributed by atoms with van der Waals surface area (Å²) >= 11 is 0. The van der Waals surface area contributed by atoms with Crippen LogP contribution in [-0.2, 0) is 14.3 Å². The molecule has 0 amide bonds. The normalized spacial score (nSPS) is 9.93. The highest BCUT2D eigenvalue weighted by atomic mass is 16.6. The van der Waals surface area contributed by atoms with Crippen LogP contribution >= 0.6 is 0 Å². The average molecular weight is 389 g/mol. The lowest BCUT2D eigenvalue weighted by atomic mass is 10.1. The van der Waals surface area contributed by atoms with Crippen molar-refractivity contribution in [2.24, 2.45) is 0 Å². The number of carbonyl (C=O) groups is 3. The minimum Gasteiger partial charge on any atom is -0.482 e. The Morgan fingerprint density at radius 1 is 0.893 bits per heavy atom. The Balaban J connectivity index is 2.07. The fourth-order valence-corrected chi connectivity index (χ4v) is 2.09. The van der Waals surface area contributed by atoms with Crippen molar-refractivity contribution in [2.75, 3.05) is 20.8 Å². The summed E-state index contributed by atoms with van der Waals surface area (Å²) in [6.07, 6.45) is 0. The SMILES string of the molecule is COC(=O)c1cc(OCC(=O)Oc2ccc([N+](=O)[O-])cc2)cc(C(=O)OC)c1. The molecule has 0 N–H and O–H groups in total. The summed E-state index contributed by atoms with van der Waals surface area (Å²) in [7, 11) is 2.35. The van der Waals surface area contributed by atoms with E-state index in [4.69, 9.17) is 9.47 Å². The van der Waals surface area contributed by atoms with Crippen LogP contribution in [-0.4, -0.2) is 43.7 Å². The van der Waals surface area contributed by atoms with E-state index >= 15 is 0 Å². The van der Waals surface area contributed by atoms with E-state index in [0.717, 1.165) is 0 Å². The second-order valence-electron chi connectivity index (χ2n) is 5.24. The Morgan fingerprint density at radius 3 is 1.89 bits per heavy atom. The van der Waals surface area contributed by atoms with Gasteiger partial charge in [-0.2, -0.15) is 0 Å². The lowest BCUT2D eigenvalue weighted by Gasteiger charge is -2.10. The smallest absolute Gasteiger partial charge is 0.349 e. The van der Waals surface area contributed by atoms with Crippen LogP contribution in [0.15, 0.2) is 42.5 Å². The minimum absolute atomic E-state index is 0.0316. The lowest BCUT2D eigenvalue weighted by molar-refractivity contribution is -0.384. The first-order valence-corrected chi connectivity index (χ1v) is 7.73. The van der Waals surface area contributed by atoms with Gasteiger partial charge in [-0.15, -0.1) is 0 Å². The van der Waals surface area contributed by atoms with Gasteiger partial charge in [0.2, 0.25) is 0 Å². The molecule has 0 unspecified atom stereocenters. The molecule has 0 bridgehead atoms. The van der Waals surface area contributed by atoms with Gasteiger partial charge >= 0.3 is 17.9 Å². The zero-order valence-corrected chi connectivity index (χ0v) is 14.9. The molecule has 2 rings (SSSR count). The molecular weight excluding hydrogens is 374 g/mol. The Labute approximate surface area is 158 Å². The zero-order chi connectivity index (χ0) is 20.7. The second-order valence-corrected chi connectivity index (χ2v) is 5.24. The predicted molar refractivity (Wildman–Crippen MR) is 93.3 cm³/mol. The molecule has 2 aromatic carbocycles. The summed E-state index contributed by atoms with van der Waals surface area (Å²) in [6.45, 7) is -0.539.